The molecule has 3 heteroatoms. The molecule has 2 atom stereocenters. The molecule has 0 aliphatic carbocycles. The van der Waals surface area contributed by atoms with Crippen LogP contribution >= 0.6 is 11.8 Å². The summed E-state index contributed by atoms with van der Waals surface area (Å²) in [7, 11) is 0. The summed E-state index contributed by atoms with van der Waals surface area (Å²) < 4.78 is 12.6. The van der Waals surface area contributed by atoms with Gasteiger partial charge < -0.3 is 0 Å². The Hall–Kier alpha value is -0.230. The van der Waals surface area contributed by atoms with Crippen LogP contribution in [0.25, 0.3) is 0 Å². The summed E-state index contributed by atoms with van der Waals surface area (Å²) in [5.41, 5.74) is 0. The quantitative estimate of drug-likeness (QED) is 0.559. The third-order valence-electron chi connectivity index (χ3n) is 1.47. The first kappa shape index (κ1) is 6.88. The van der Waals surface area contributed by atoms with Gasteiger partial charge in [0, 0.05) is 18.1 Å². The Morgan fingerprint density at radius 2 is 2.44 bits per heavy atom. The zero-order valence-electron chi connectivity index (χ0n) is 5.01. The van der Waals surface area contributed by atoms with E-state index in [9.17, 15) is 4.39 Å². The summed E-state index contributed by atoms with van der Waals surface area (Å²) in [6.07, 6.45) is -0.344. The van der Waals surface area contributed by atoms with Crippen LogP contribution in [0.15, 0.2) is 0 Å². The van der Waals surface area contributed by atoms with Gasteiger partial charge in [0.25, 0.3) is 0 Å². The highest BCUT2D eigenvalue weighted by molar-refractivity contribution is 7.99. The monoisotopic (exact) mass is 145 g/mol. The molecule has 0 aromatic carbocycles. The summed E-state index contributed by atoms with van der Waals surface area (Å²) in [6, 6.07) is 1.99. The summed E-state index contributed by atoms with van der Waals surface area (Å²) in [6.45, 7) is 0. The molecule has 1 aliphatic heterocycles. The second kappa shape index (κ2) is 3.07. The molecule has 0 amide bonds. The average Bonchev–Trinajstić information content (AvgIpc) is 2.18. The Bertz CT molecular complexity index is 132. The van der Waals surface area contributed by atoms with E-state index in [0.29, 0.717) is 12.2 Å². The van der Waals surface area contributed by atoms with Gasteiger partial charge >= 0.3 is 0 Å². The van der Waals surface area contributed by atoms with Gasteiger partial charge in [0.2, 0.25) is 0 Å². The van der Waals surface area contributed by atoms with Crippen molar-refractivity contribution in [3.05, 3.63) is 0 Å². The molecule has 0 bridgehead atoms. The molecule has 1 saturated heterocycles. The zero-order valence-corrected chi connectivity index (χ0v) is 5.83. The second-order valence-electron chi connectivity index (χ2n) is 2.18. The van der Waals surface area contributed by atoms with Gasteiger partial charge in [0.05, 0.1) is 6.07 Å². The van der Waals surface area contributed by atoms with Gasteiger partial charge in [-0.25, -0.2) is 4.39 Å². The molecule has 1 fully saturated rings. The van der Waals surface area contributed by atoms with E-state index >= 15 is 0 Å². The fraction of sp³-hybridized carbons (Fsp3) is 0.833. The molecule has 0 aromatic rings. The van der Waals surface area contributed by atoms with Crippen molar-refractivity contribution < 1.29 is 4.39 Å². The van der Waals surface area contributed by atoms with Crippen molar-refractivity contribution in [2.24, 2.45) is 5.92 Å². The Morgan fingerprint density at radius 1 is 1.67 bits per heavy atom. The van der Waals surface area contributed by atoms with Crippen LogP contribution in [0, 0.1) is 17.2 Å². The largest absolute Gasteiger partial charge is 0.246 e. The SMILES string of the molecule is N#CCC1CSCC1F. The highest BCUT2D eigenvalue weighted by Crippen LogP contribution is 2.28. The molecule has 0 saturated carbocycles. The van der Waals surface area contributed by atoms with Crippen molar-refractivity contribution in [1.82, 2.24) is 0 Å². The van der Waals surface area contributed by atoms with Gasteiger partial charge in [0.15, 0.2) is 0 Å². The van der Waals surface area contributed by atoms with Crippen LogP contribution in [-0.4, -0.2) is 17.7 Å². The fourth-order valence-corrected chi connectivity index (χ4v) is 2.14. The number of nitriles is 1. The van der Waals surface area contributed by atoms with Gasteiger partial charge in [-0.1, -0.05) is 0 Å². The van der Waals surface area contributed by atoms with E-state index in [1.54, 1.807) is 11.8 Å². The summed E-state index contributed by atoms with van der Waals surface area (Å²) in [5, 5.41) is 8.22. The Morgan fingerprint density at radius 3 is 2.89 bits per heavy atom. The van der Waals surface area contributed by atoms with Crippen molar-refractivity contribution in [3.8, 4) is 6.07 Å². The molecular weight excluding hydrogens is 137 g/mol. The van der Waals surface area contributed by atoms with E-state index in [2.05, 4.69) is 0 Å². The highest BCUT2D eigenvalue weighted by Gasteiger charge is 2.26. The van der Waals surface area contributed by atoms with Crippen LogP contribution in [0.2, 0.25) is 0 Å². The molecule has 0 radical (unpaired) electrons. The maximum Gasteiger partial charge on any atom is 0.114 e. The normalized spacial score (nSPS) is 34.2. The summed E-state index contributed by atoms with van der Waals surface area (Å²) in [4.78, 5) is 0. The topological polar surface area (TPSA) is 23.8 Å². The van der Waals surface area contributed by atoms with Gasteiger partial charge in [-0.2, -0.15) is 17.0 Å². The van der Waals surface area contributed by atoms with Crippen molar-refractivity contribution in [2.75, 3.05) is 11.5 Å². The first-order chi connectivity index (χ1) is 4.34. The number of thioether (sulfide) groups is 1. The highest BCUT2D eigenvalue weighted by atomic mass is 32.2. The minimum absolute atomic E-state index is 0.0139. The third kappa shape index (κ3) is 1.59. The van der Waals surface area contributed by atoms with Crippen LogP contribution in [0.1, 0.15) is 6.42 Å². The number of nitrogens with zero attached hydrogens (tertiary/aromatic N) is 1. The molecule has 1 nitrogen and oxygen atoms in total. The first-order valence-corrected chi connectivity index (χ1v) is 4.09. The number of rotatable bonds is 1. The van der Waals surface area contributed by atoms with E-state index in [4.69, 9.17) is 5.26 Å². The average molecular weight is 145 g/mol. The summed E-state index contributed by atoms with van der Waals surface area (Å²) in [5.74, 6) is 1.43. The minimum atomic E-state index is -0.727. The van der Waals surface area contributed by atoms with Crippen molar-refractivity contribution in [3.63, 3.8) is 0 Å². The van der Waals surface area contributed by atoms with Crippen LogP contribution in [0.5, 0.6) is 0 Å². The van der Waals surface area contributed by atoms with E-state index in [1.807, 2.05) is 6.07 Å². The zero-order chi connectivity index (χ0) is 6.69. The smallest absolute Gasteiger partial charge is 0.114 e. The molecule has 0 spiro atoms. The van der Waals surface area contributed by atoms with E-state index < -0.39 is 6.17 Å². The van der Waals surface area contributed by atoms with E-state index in [-0.39, 0.29) is 5.92 Å². The lowest BCUT2D eigenvalue weighted by atomic mass is 10.1. The van der Waals surface area contributed by atoms with E-state index in [1.165, 1.54) is 0 Å². The Kier molecular flexibility index (Phi) is 2.35. The van der Waals surface area contributed by atoms with Crippen LogP contribution in [-0.2, 0) is 0 Å². The predicted molar refractivity (Wildman–Crippen MR) is 35.9 cm³/mol. The van der Waals surface area contributed by atoms with Crippen molar-refractivity contribution in [1.29, 1.82) is 5.26 Å². The lowest BCUT2D eigenvalue weighted by molar-refractivity contribution is 0.288. The molecular formula is C6H8FNS. The standard InChI is InChI=1S/C6H8FNS/c7-6-4-9-3-5(6)1-2-8/h5-6H,1,3-4H2. The first-order valence-electron chi connectivity index (χ1n) is 2.93. The van der Waals surface area contributed by atoms with Crippen molar-refractivity contribution in [2.45, 2.75) is 12.6 Å². The van der Waals surface area contributed by atoms with E-state index in [0.717, 1.165) is 5.75 Å². The molecule has 9 heavy (non-hydrogen) atoms. The molecule has 1 rings (SSSR count). The Labute approximate surface area is 58.2 Å². The lowest BCUT2D eigenvalue weighted by Gasteiger charge is -2.03. The van der Waals surface area contributed by atoms with Crippen LogP contribution in [0.3, 0.4) is 0 Å². The van der Waals surface area contributed by atoms with Gasteiger partial charge in [-0.05, 0) is 5.75 Å². The maximum absolute atomic E-state index is 12.6. The van der Waals surface area contributed by atoms with Gasteiger partial charge in [-0.3, -0.25) is 0 Å². The molecule has 2 unspecified atom stereocenters. The lowest BCUT2D eigenvalue weighted by Crippen LogP contribution is -2.11. The number of alkyl halides is 1. The van der Waals surface area contributed by atoms with Crippen molar-refractivity contribution >= 4 is 11.8 Å². The van der Waals surface area contributed by atoms with Gasteiger partial charge in [0.1, 0.15) is 6.17 Å². The third-order valence-corrected chi connectivity index (χ3v) is 2.69. The van der Waals surface area contributed by atoms with Crippen LogP contribution in [0.4, 0.5) is 4.39 Å². The Balaban J connectivity index is 2.33. The number of hydrogen-bond donors (Lipinski definition) is 0. The molecule has 0 aromatic heterocycles. The number of hydrogen-bond acceptors (Lipinski definition) is 2. The fourth-order valence-electron chi connectivity index (χ4n) is 0.877. The predicted octanol–water partition coefficient (Wildman–Crippen LogP) is 1.60. The van der Waals surface area contributed by atoms with Crippen LogP contribution < -0.4 is 0 Å². The summed E-state index contributed by atoms with van der Waals surface area (Å²) >= 11 is 1.60. The maximum atomic E-state index is 12.6. The molecule has 1 aliphatic rings. The van der Waals surface area contributed by atoms with Gasteiger partial charge in [-0.15, -0.1) is 0 Å². The second-order valence-corrected chi connectivity index (χ2v) is 3.25. The molecule has 1 heterocycles. The minimum Gasteiger partial charge on any atom is -0.246 e. The molecule has 0 N–H and O–H groups in total. The molecule has 50 valence electrons. The number of halogens is 1.